The van der Waals surface area contributed by atoms with Crippen LogP contribution in [0.3, 0.4) is 0 Å². The lowest BCUT2D eigenvalue weighted by Gasteiger charge is -2.06. The van der Waals surface area contributed by atoms with Crippen molar-refractivity contribution in [3.8, 4) is 0 Å². The number of halogens is 1. The largest absolute Gasteiger partial charge is 0.478 e. The minimum absolute atomic E-state index is 0.0358. The molecular weight excluding hydrogens is 402 g/mol. The van der Waals surface area contributed by atoms with Crippen LogP contribution in [-0.4, -0.2) is 35.6 Å². The van der Waals surface area contributed by atoms with Crippen molar-refractivity contribution in [1.29, 1.82) is 0 Å². The molecule has 2 aromatic rings. The normalized spacial score (nSPS) is 10.5. The second-order valence-corrected chi connectivity index (χ2v) is 6.03. The highest BCUT2D eigenvalue weighted by Crippen LogP contribution is 2.15. The molecule has 2 aromatic carbocycles. The molecule has 0 aromatic heterocycles. The highest BCUT2D eigenvalue weighted by molar-refractivity contribution is 9.10. The summed E-state index contributed by atoms with van der Waals surface area (Å²) in [6.45, 7) is 0.146. The van der Waals surface area contributed by atoms with Crippen LogP contribution >= 0.6 is 15.9 Å². The quantitative estimate of drug-likeness (QED) is 0.474. The van der Waals surface area contributed by atoms with Gasteiger partial charge in [0.1, 0.15) is 0 Å². The predicted octanol–water partition coefficient (Wildman–Crippen LogP) is 2.42. The van der Waals surface area contributed by atoms with Gasteiger partial charge in [0.25, 0.3) is 5.91 Å². The molecule has 26 heavy (non-hydrogen) atoms. The second kappa shape index (κ2) is 9.47. The Hall–Kier alpha value is -3.00. The van der Waals surface area contributed by atoms with Crippen molar-refractivity contribution in [2.45, 2.75) is 6.42 Å². The highest BCUT2D eigenvalue weighted by atomic mass is 79.9. The Labute approximate surface area is 158 Å². The molecule has 8 heteroatoms. The zero-order chi connectivity index (χ0) is 18.9. The van der Waals surface area contributed by atoms with E-state index in [9.17, 15) is 14.4 Å². The minimum Gasteiger partial charge on any atom is -0.478 e. The molecule has 0 unspecified atom stereocenters. The second-order valence-electron chi connectivity index (χ2n) is 5.17. The van der Waals surface area contributed by atoms with Gasteiger partial charge >= 0.3 is 5.97 Å². The molecular formula is C18H16BrN3O4. The molecule has 0 aliphatic heterocycles. The number of rotatable bonds is 7. The van der Waals surface area contributed by atoms with Crippen LogP contribution < -0.4 is 10.7 Å². The van der Waals surface area contributed by atoms with Crippen molar-refractivity contribution in [2.24, 2.45) is 5.10 Å². The Balaban J connectivity index is 1.80. The third kappa shape index (κ3) is 5.52. The monoisotopic (exact) mass is 417 g/mol. The molecule has 2 rings (SSSR count). The van der Waals surface area contributed by atoms with Crippen molar-refractivity contribution >= 4 is 39.9 Å². The maximum absolute atomic E-state index is 12.0. The van der Waals surface area contributed by atoms with E-state index in [1.165, 1.54) is 12.3 Å². The first-order valence-electron chi connectivity index (χ1n) is 7.66. The number of aromatic carboxylic acids is 1. The number of hydrogen-bond donors (Lipinski definition) is 3. The molecule has 134 valence electrons. The SMILES string of the molecule is O=C(CCNC(=O)c1ccccc1Br)N/N=C\c1ccccc1C(=O)O. The van der Waals surface area contributed by atoms with E-state index in [1.807, 2.05) is 0 Å². The predicted molar refractivity (Wildman–Crippen MR) is 100 cm³/mol. The van der Waals surface area contributed by atoms with Crippen LogP contribution in [0.15, 0.2) is 58.1 Å². The maximum Gasteiger partial charge on any atom is 0.336 e. The lowest BCUT2D eigenvalue weighted by atomic mass is 10.1. The first-order valence-corrected chi connectivity index (χ1v) is 8.45. The van der Waals surface area contributed by atoms with Gasteiger partial charge in [-0.3, -0.25) is 9.59 Å². The molecule has 3 N–H and O–H groups in total. The molecule has 0 fully saturated rings. The first-order chi connectivity index (χ1) is 12.5. The van der Waals surface area contributed by atoms with Crippen LogP contribution in [0.2, 0.25) is 0 Å². The summed E-state index contributed by atoms with van der Waals surface area (Å²) in [6, 6.07) is 13.3. The van der Waals surface area contributed by atoms with Crippen LogP contribution in [0.1, 0.15) is 32.7 Å². The van der Waals surface area contributed by atoms with Gasteiger partial charge < -0.3 is 10.4 Å². The van der Waals surface area contributed by atoms with Crippen molar-refractivity contribution in [3.63, 3.8) is 0 Å². The lowest BCUT2D eigenvalue weighted by molar-refractivity contribution is -0.120. The summed E-state index contributed by atoms with van der Waals surface area (Å²) < 4.78 is 0.670. The Morgan fingerprint density at radius 3 is 2.38 bits per heavy atom. The Morgan fingerprint density at radius 2 is 1.69 bits per heavy atom. The molecule has 0 spiro atoms. The molecule has 0 saturated carbocycles. The van der Waals surface area contributed by atoms with Gasteiger partial charge in [-0.1, -0.05) is 30.3 Å². The van der Waals surface area contributed by atoms with Gasteiger partial charge in [-0.25, -0.2) is 10.2 Å². The third-order valence-electron chi connectivity index (χ3n) is 3.34. The van der Waals surface area contributed by atoms with Crippen molar-refractivity contribution in [2.75, 3.05) is 6.54 Å². The number of nitrogens with one attached hydrogen (secondary N) is 2. The van der Waals surface area contributed by atoms with Gasteiger partial charge in [-0.2, -0.15) is 5.10 Å². The van der Waals surface area contributed by atoms with E-state index in [-0.39, 0.29) is 24.4 Å². The molecule has 7 nitrogen and oxygen atoms in total. The summed E-state index contributed by atoms with van der Waals surface area (Å²) in [5.74, 6) is -1.76. The van der Waals surface area contributed by atoms with E-state index in [4.69, 9.17) is 5.11 Å². The van der Waals surface area contributed by atoms with Crippen LogP contribution in [0.4, 0.5) is 0 Å². The number of carbonyl (C=O) groups is 3. The fraction of sp³-hybridized carbons (Fsp3) is 0.111. The highest BCUT2D eigenvalue weighted by Gasteiger charge is 2.09. The van der Waals surface area contributed by atoms with Crippen LogP contribution in [0, 0.1) is 0 Å². The van der Waals surface area contributed by atoms with Gasteiger partial charge in [-0.15, -0.1) is 0 Å². The smallest absolute Gasteiger partial charge is 0.336 e. The molecule has 0 aliphatic carbocycles. The lowest BCUT2D eigenvalue weighted by Crippen LogP contribution is -2.29. The fourth-order valence-corrected chi connectivity index (χ4v) is 2.53. The Bertz CT molecular complexity index is 852. The van der Waals surface area contributed by atoms with E-state index < -0.39 is 11.9 Å². The minimum atomic E-state index is -1.08. The zero-order valence-corrected chi connectivity index (χ0v) is 15.2. The Morgan fingerprint density at radius 1 is 1.04 bits per heavy atom. The summed E-state index contributed by atoms with van der Waals surface area (Å²) >= 11 is 3.29. The van der Waals surface area contributed by atoms with Crippen LogP contribution in [0.25, 0.3) is 0 Å². The van der Waals surface area contributed by atoms with Gasteiger partial charge in [0.2, 0.25) is 5.91 Å². The van der Waals surface area contributed by atoms with E-state index in [1.54, 1.807) is 42.5 Å². The van der Waals surface area contributed by atoms with Crippen molar-refractivity contribution in [1.82, 2.24) is 10.7 Å². The fourth-order valence-electron chi connectivity index (χ4n) is 2.06. The Kier molecular flexibility index (Phi) is 7.04. The van der Waals surface area contributed by atoms with Crippen LogP contribution in [-0.2, 0) is 4.79 Å². The molecule has 0 saturated heterocycles. The number of amides is 2. The van der Waals surface area contributed by atoms with Gasteiger partial charge in [0.05, 0.1) is 17.3 Å². The summed E-state index contributed by atoms with van der Waals surface area (Å²) in [6.07, 6.45) is 1.30. The maximum atomic E-state index is 12.0. The van der Waals surface area contributed by atoms with E-state index in [0.29, 0.717) is 15.6 Å². The first kappa shape index (κ1) is 19.3. The number of carbonyl (C=O) groups excluding carboxylic acids is 2. The molecule has 0 aliphatic rings. The van der Waals surface area contributed by atoms with E-state index >= 15 is 0 Å². The van der Waals surface area contributed by atoms with Gasteiger partial charge in [0.15, 0.2) is 0 Å². The number of carboxylic acid groups (broad SMARTS) is 1. The number of nitrogens with zero attached hydrogens (tertiary/aromatic N) is 1. The van der Waals surface area contributed by atoms with Crippen LogP contribution in [0.5, 0.6) is 0 Å². The van der Waals surface area contributed by atoms with Crippen molar-refractivity contribution < 1.29 is 19.5 Å². The molecule has 0 radical (unpaired) electrons. The topological polar surface area (TPSA) is 108 Å². The summed E-state index contributed by atoms with van der Waals surface area (Å²) in [7, 11) is 0. The van der Waals surface area contributed by atoms with E-state index in [2.05, 4.69) is 31.8 Å². The average Bonchev–Trinajstić information content (AvgIpc) is 2.62. The summed E-state index contributed by atoms with van der Waals surface area (Å²) in [5, 5.41) is 15.5. The van der Waals surface area contributed by atoms with E-state index in [0.717, 1.165) is 0 Å². The molecule has 0 bridgehead atoms. The molecule has 0 atom stereocenters. The number of carboxylic acids is 1. The number of hydrogen-bond acceptors (Lipinski definition) is 4. The summed E-state index contributed by atoms with van der Waals surface area (Å²) in [5.41, 5.74) is 3.25. The third-order valence-corrected chi connectivity index (χ3v) is 4.03. The standard InChI is InChI=1S/C18H16BrN3O4/c19-15-8-4-3-7-14(15)17(24)20-10-9-16(23)22-21-11-12-5-1-2-6-13(12)18(25)26/h1-8,11H,9-10H2,(H,20,24)(H,22,23)(H,25,26)/b21-11-. The zero-order valence-electron chi connectivity index (χ0n) is 13.6. The average molecular weight is 418 g/mol. The number of hydrazone groups is 1. The van der Waals surface area contributed by atoms with Crippen molar-refractivity contribution in [3.05, 3.63) is 69.7 Å². The molecule has 0 heterocycles. The summed E-state index contributed by atoms with van der Waals surface area (Å²) in [4.78, 5) is 34.8. The van der Waals surface area contributed by atoms with Gasteiger partial charge in [-0.05, 0) is 34.1 Å². The van der Waals surface area contributed by atoms with Gasteiger partial charge in [0, 0.05) is 23.0 Å². The number of benzene rings is 2. The molecule has 2 amide bonds.